The van der Waals surface area contributed by atoms with Crippen molar-refractivity contribution in [2.75, 3.05) is 13.7 Å². The fraction of sp³-hybridized carbons (Fsp3) is 0.400. The van der Waals surface area contributed by atoms with Crippen LogP contribution in [0.15, 0.2) is 85.2 Å². The molecule has 38 heavy (non-hydrogen) atoms. The van der Waals surface area contributed by atoms with E-state index in [9.17, 15) is 4.79 Å². The number of methoxy groups -OCH3 is 1. The van der Waals surface area contributed by atoms with Gasteiger partial charge in [0.25, 0.3) is 13.5 Å². The van der Waals surface area contributed by atoms with E-state index in [2.05, 4.69) is 45.0 Å². The highest BCUT2D eigenvalue weighted by molar-refractivity contribution is 7.80. The third-order valence-electron chi connectivity index (χ3n) is 7.26. The van der Waals surface area contributed by atoms with Crippen molar-refractivity contribution in [1.29, 1.82) is 0 Å². The molecule has 1 fully saturated rings. The Kier molecular flexibility index (Phi) is 8.39. The third kappa shape index (κ3) is 5.28. The van der Waals surface area contributed by atoms with Crippen LogP contribution in [0.2, 0.25) is 5.04 Å². The van der Waals surface area contributed by atoms with E-state index in [0.717, 1.165) is 10.4 Å². The Bertz CT molecular complexity index is 1190. The van der Waals surface area contributed by atoms with Crippen LogP contribution in [-0.4, -0.2) is 56.1 Å². The number of ketones is 1. The molecule has 8 heteroatoms. The molecule has 0 spiro atoms. The molecule has 2 aromatic carbocycles. The highest BCUT2D eigenvalue weighted by Gasteiger charge is 2.55. The maximum absolute atomic E-state index is 13.8. The number of rotatable bonds is 7. The van der Waals surface area contributed by atoms with E-state index in [-0.39, 0.29) is 22.6 Å². The van der Waals surface area contributed by atoms with E-state index in [0.29, 0.717) is 0 Å². The summed E-state index contributed by atoms with van der Waals surface area (Å²) in [6.07, 6.45) is 1.14. The molecule has 1 saturated heterocycles. The van der Waals surface area contributed by atoms with E-state index < -0.39 is 32.2 Å². The second-order valence-electron chi connectivity index (χ2n) is 11.2. The summed E-state index contributed by atoms with van der Waals surface area (Å²) in [5.74, 6) is -0.138. The standard InChI is InChI=1S/C30H37NO5SSi/c1-29(2,3)38(22-15-9-7-10-16-22,23-17-11-8-12-18-23)34-21-24-25(36-28(37)31-19-13-14-20-31)26(32)30(4,5)27(33-6)35-24/h7-20,24-25,27H,21H2,1-6H3/t24-,25-,27+/m1/s1. The molecule has 0 saturated carbocycles. The van der Waals surface area contributed by atoms with Gasteiger partial charge in [-0.05, 0) is 53.6 Å². The van der Waals surface area contributed by atoms with Gasteiger partial charge >= 0.3 is 0 Å². The first-order valence-electron chi connectivity index (χ1n) is 12.8. The van der Waals surface area contributed by atoms with Gasteiger partial charge in [-0.3, -0.25) is 9.36 Å². The maximum atomic E-state index is 13.8. The number of hydrogen-bond acceptors (Lipinski definition) is 6. The summed E-state index contributed by atoms with van der Waals surface area (Å²) >= 11 is 5.53. The number of Topliss-reactive ketones (excluding diaryl/α,β-unsaturated/α-hetero) is 1. The fourth-order valence-electron chi connectivity index (χ4n) is 5.25. The number of benzene rings is 2. The Morgan fingerprint density at radius 3 is 1.97 bits per heavy atom. The van der Waals surface area contributed by atoms with Gasteiger partial charge in [0, 0.05) is 19.5 Å². The lowest BCUT2D eigenvalue weighted by Crippen LogP contribution is -2.68. The first kappa shape index (κ1) is 28.4. The van der Waals surface area contributed by atoms with Crippen molar-refractivity contribution >= 4 is 41.9 Å². The molecule has 0 aliphatic carbocycles. The molecule has 202 valence electrons. The zero-order valence-electron chi connectivity index (χ0n) is 22.9. The van der Waals surface area contributed by atoms with Gasteiger partial charge in [-0.2, -0.15) is 0 Å². The Morgan fingerprint density at radius 2 is 1.50 bits per heavy atom. The molecular weight excluding hydrogens is 514 g/mol. The van der Waals surface area contributed by atoms with Crippen LogP contribution >= 0.6 is 12.2 Å². The van der Waals surface area contributed by atoms with Gasteiger partial charge in [-0.25, -0.2) is 0 Å². The molecular formula is C30H37NO5SSi. The average molecular weight is 552 g/mol. The summed E-state index contributed by atoms with van der Waals surface area (Å²) in [7, 11) is -1.32. The second-order valence-corrected chi connectivity index (χ2v) is 15.9. The molecule has 0 radical (unpaired) electrons. The number of nitrogens with zero attached hydrogens (tertiary/aromatic N) is 1. The van der Waals surface area contributed by atoms with E-state index in [1.807, 2.05) is 48.5 Å². The van der Waals surface area contributed by atoms with Crippen molar-refractivity contribution < 1.29 is 23.4 Å². The lowest BCUT2D eigenvalue weighted by Gasteiger charge is -2.47. The normalized spacial score (nSPS) is 21.7. The summed E-state index contributed by atoms with van der Waals surface area (Å²) < 4.78 is 26.9. The van der Waals surface area contributed by atoms with Gasteiger partial charge in [0.1, 0.15) is 6.10 Å². The first-order valence-corrected chi connectivity index (χ1v) is 15.2. The summed E-state index contributed by atoms with van der Waals surface area (Å²) in [5.41, 5.74) is -0.931. The van der Waals surface area contributed by atoms with Crippen LogP contribution in [0.5, 0.6) is 0 Å². The minimum atomic E-state index is -2.87. The number of thiocarbonyl (C=S) groups is 1. The smallest absolute Gasteiger partial charge is 0.268 e. The van der Waals surface area contributed by atoms with Crippen LogP contribution in [0.4, 0.5) is 0 Å². The van der Waals surface area contributed by atoms with Crippen molar-refractivity contribution in [3.05, 3.63) is 85.2 Å². The van der Waals surface area contributed by atoms with Crippen LogP contribution in [0.25, 0.3) is 0 Å². The first-order chi connectivity index (χ1) is 18.0. The summed E-state index contributed by atoms with van der Waals surface area (Å²) in [6, 6.07) is 24.4. The van der Waals surface area contributed by atoms with Crippen LogP contribution in [0.1, 0.15) is 34.6 Å². The number of aromatic nitrogens is 1. The highest BCUT2D eigenvalue weighted by Crippen LogP contribution is 2.39. The summed E-state index contributed by atoms with van der Waals surface area (Å²) in [5, 5.41) is 2.24. The van der Waals surface area contributed by atoms with Crippen molar-refractivity contribution in [3.63, 3.8) is 0 Å². The van der Waals surface area contributed by atoms with Gasteiger partial charge in [0.15, 0.2) is 18.2 Å². The zero-order chi connectivity index (χ0) is 27.6. The van der Waals surface area contributed by atoms with E-state index in [1.54, 1.807) is 37.9 Å². The Morgan fingerprint density at radius 1 is 0.974 bits per heavy atom. The van der Waals surface area contributed by atoms with Crippen molar-refractivity contribution in [1.82, 2.24) is 4.57 Å². The van der Waals surface area contributed by atoms with E-state index >= 15 is 0 Å². The van der Waals surface area contributed by atoms with Gasteiger partial charge in [0.2, 0.25) is 0 Å². The zero-order valence-corrected chi connectivity index (χ0v) is 24.7. The van der Waals surface area contributed by atoms with E-state index in [4.69, 9.17) is 30.9 Å². The lowest BCUT2D eigenvalue weighted by molar-refractivity contribution is -0.251. The highest BCUT2D eigenvalue weighted by atomic mass is 32.1. The predicted molar refractivity (Wildman–Crippen MR) is 155 cm³/mol. The largest absolute Gasteiger partial charge is 0.456 e. The molecule has 3 aromatic rings. The lowest BCUT2D eigenvalue weighted by atomic mass is 9.80. The Balaban J connectivity index is 1.74. The fourth-order valence-corrected chi connectivity index (χ4v) is 10.0. The molecule has 0 amide bonds. The third-order valence-corrected chi connectivity index (χ3v) is 12.6. The number of carbonyl (C=O) groups is 1. The molecule has 6 nitrogen and oxygen atoms in total. The summed E-state index contributed by atoms with van der Waals surface area (Å²) in [4.78, 5) is 13.8. The number of hydrogen-bond donors (Lipinski definition) is 0. The summed E-state index contributed by atoms with van der Waals surface area (Å²) in [6.45, 7) is 10.4. The molecule has 2 heterocycles. The van der Waals surface area contributed by atoms with Crippen LogP contribution in [0, 0.1) is 5.41 Å². The van der Waals surface area contributed by atoms with Crippen molar-refractivity contribution in [2.45, 2.75) is 58.2 Å². The molecule has 1 aliphatic heterocycles. The average Bonchev–Trinajstić information content (AvgIpc) is 3.44. The molecule has 1 aromatic heterocycles. The molecule has 3 atom stereocenters. The molecule has 0 bridgehead atoms. The maximum Gasteiger partial charge on any atom is 0.268 e. The van der Waals surface area contributed by atoms with Gasteiger partial charge in [0.05, 0.1) is 12.0 Å². The number of carbonyl (C=O) groups excluding carboxylic acids is 1. The second kappa shape index (κ2) is 11.2. The Hall–Kier alpha value is -2.62. The monoisotopic (exact) mass is 551 g/mol. The molecule has 0 N–H and O–H groups in total. The number of ether oxygens (including phenoxy) is 3. The van der Waals surface area contributed by atoms with Gasteiger partial charge in [-0.1, -0.05) is 81.4 Å². The van der Waals surface area contributed by atoms with Crippen molar-refractivity contribution in [2.24, 2.45) is 5.41 Å². The minimum absolute atomic E-state index is 0.133. The van der Waals surface area contributed by atoms with E-state index in [1.165, 1.54) is 0 Å². The predicted octanol–water partition coefficient (Wildman–Crippen LogP) is 4.55. The SMILES string of the molecule is CO[C@H]1O[C@H](CO[Si](c2ccccc2)(c2ccccc2)C(C)(C)C)[C@@H](OC(=S)n2cccc2)C(=O)C1(C)C. The molecule has 4 rings (SSSR count). The van der Waals surface area contributed by atoms with Crippen molar-refractivity contribution in [3.8, 4) is 0 Å². The van der Waals surface area contributed by atoms with Crippen LogP contribution < -0.4 is 10.4 Å². The van der Waals surface area contributed by atoms with Gasteiger partial charge < -0.3 is 18.6 Å². The molecule has 0 unspecified atom stereocenters. The van der Waals surface area contributed by atoms with Crippen LogP contribution in [0.3, 0.4) is 0 Å². The quantitative estimate of drug-likeness (QED) is 0.317. The molecule has 1 aliphatic rings. The minimum Gasteiger partial charge on any atom is -0.456 e. The van der Waals surface area contributed by atoms with Crippen LogP contribution in [-0.2, 0) is 23.4 Å². The topological polar surface area (TPSA) is 58.9 Å². The van der Waals surface area contributed by atoms with Gasteiger partial charge in [-0.15, -0.1) is 0 Å². The Labute approximate surface area is 232 Å².